The number of ether oxygens (including phenoxy) is 1. The monoisotopic (exact) mass is 319 g/mol. The van der Waals surface area contributed by atoms with Crippen molar-refractivity contribution in [3.05, 3.63) is 23.9 Å². The predicted octanol–water partition coefficient (Wildman–Crippen LogP) is 0.753. The molecular weight excluding hydrogens is 294 g/mol. The van der Waals surface area contributed by atoms with Crippen molar-refractivity contribution in [2.75, 3.05) is 27.2 Å². The molecule has 1 aromatic rings. The van der Waals surface area contributed by atoms with E-state index in [0.29, 0.717) is 24.8 Å². The lowest BCUT2D eigenvalue weighted by atomic mass is 9.95. The minimum Gasteiger partial charge on any atom is -0.481 e. The second kappa shape index (κ2) is 8.36. The van der Waals surface area contributed by atoms with E-state index in [-0.39, 0.29) is 5.91 Å². The van der Waals surface area contributed by atoms with E-state index in [4.69, 9.17) is 10.5 Å². The van der Waals surface area contributed by atoms with Gasteiger partial charge in [0.15, 0.2) is 5.96 Å². The quantitative estimate of drug-likeness (QED) is 0.617. The summed E-state index contributed by atoms with van der Waals surface area (Å²) in [6.07, 6.45) is 4.21. The normalized spacial score (nSPS) is 18.6. The Morgan fingerprint density at radius 1 is 1.61 bits per heavy atom. The van der Waals surface area contributed by atoms with Crippen molar-refractivity contribution in [1.82, 2.24) is 15.2 Å². The first kappa shape index (κ1) is 17.1. The van der Waals surface area contributed by atoms with Crippen molar-refractivity contribution in [1.29, 1.82) is 0 Å². The van der Waals surface area contributed by atoms with Gasteiger partial charge in [0.1, 0.15) is 0 Å². The number of primary amides is 1. The van der Waals surface area contributed by atoms with Gasteiger partial charge in [-0.25, -0.2) is 4.98 Å². The van der Waals surface area contributed by atoms with Gasteiger partial charge in [0.2, 0.25) is 11.8 Å². The maximum atomic E-state index is 11.1. The number of nitrogens with two attached hydrogens (primary N) is 1. The van der Waals surface area contributed by atoms with Gasteiger partial charge in [0, 0.05) is 44.9 Å². The molecule has 1 saturated heterocycles. The Hall–Kier alpha value is -2.31. The number of nitrogens with zero attached hydrogens (tertiary/aromatic N) is 3. The lowest BCUT2D eigenvalue weighted by Crippen LogP contribution is -2.46. The van der Waals surface area contributed by atoms with Crippen LogP contribution in [0.25, 0.3) is 0 Å². The molecule has 7 nitrogen and oxygen atoms in total. The zero-order chi connectivity index (χ0) is 16.7. The van der Waals surface area contributed by atoms with Gasteiger partial charge in [0.05, 0.1) is 7.11 Å². The van der Waals surface area contributed by atoms with Crippen LogP contribution in [0.3, 0.4) is 0 Å². The van der Waals surface area contributed by atoms with Crippen LogP contribution in [0.15, 0.2) is 23.3 Å². The van der Waals surface area contributed by atoms with E-state index in [9.17, 15) is 4.79 Å². The van der Waals surface area contributed by atoms with Crippen LogP contribution >= 0.6 is 0 Å². The predicted molar refractivity (Wildman–Crippen MR) is 89.1 cm³/mol. The number of nitrogens with one attached hydrogen (secondary N) is 1. The molecule has 1 amide bonds. The summed E-state index contributed by atoms with van der Waals surface area (Å²) in [6, 6.07) is 3.85. The highest BCUT2D eigenvalue weighted by molar-refractivity contribution is 5.80. The van der Waals surface area contributed by atoms with Crippen LogP contribution in [0.1, 0.15) is 24.8 Å². The Kier molecular flexibility index (Phi) is 6.19. The lowest BCUT2D eigenvalue weighted by Gasteiger charge is -2.34. The fourth-order valence-electron chi connectivity index (χ4n) is 2.96. The molecule has 0 spiro atoms. The van der Waals surface area contributed by atoms with Gasteiger partial charge in [0.25, 0.3) is 0 Å². The molecule has 1 atom stereocenters. The number of aromatic nitrogens is 1. The Morgan fingerprint density at radius 2 is 2.43 bits per heavy atom. The van der Waals surface area contributed by atoms with E-state index in [2.05, 4.69) is 20.2 Å². The third kappa shape index (κ3) is 4.84. The van der Waals surface area contributed by atoms with Crippen molar-refractivity contribution in [2.24, 2.45) is 16.6 Å². The number of piperidine rings is 1. The molecule has 1 aliphatic rings. The second-order valence-corrected chi connectivity index (χ2v) is 5.70. The third-order valence-corrected chi connectivity index (χ3v) is 4.00. The zero-order valence-electron chi connectivity index (χ0n) is 13.8. The summed E-state index contributed by atoms with van der Waals surface area (Å²) in [5.74, 6) is 1.50. The number of pyridine rings is 1. The smallest absolute Gasteiger partial charge is 0.218 e. The molecule has 1 aromatic heterocycles. The van der Waals surface area contributed by atoms with E-state index >= 15 is 0 Å². The van der Waals surface area contributed by atoms with Crippen molar-refractivity contribution >= 4 is 11.9 Å². The molecular formula is C16H25N5O2. The molecule has 23 heavy (non-hydrogen) atoms. The Balaban J connectivity index is 1.96. The highest BCUT2D eigenvalue weighted by Crippen LogP contribution is 2.20. The molecule has 2 heterocycles. The average molecular weight is 319 g/mol. The highest BCUT2D eigenvalue weighted by atomic mass is 16.5. The van der Waals surface area contributed by atoms with Crippen LogP contribution in [-0.4, -0.2) is 49.0 Å². The van der Waals surface area contributed by atoms with Crippen LogP contribution in [0, 0.1) is 5.92 Å². The third-order valence-electron chi connectivity index (χ3n) is 4.00. The second-order valence-electron chi connectivity index (χ2n) is 5.70. The molecule has 1 unspecified atom stereocenters. The number of guanidine groups is 1. The summed E-state index contributed by atoms with van der Waals surface area (Å²) in [7, 11) is 3.38. The van der Waals surface area contributed by atoms with Crippen LogP contribution in [0.5, 0.6) is 5.88 Å². The molecule has 0 aliphatic carbocycles. The number of carbonyl (C=O) groups excluding carboxylic acids is 1. The first-order valence-electron chi connectivity index (χ1n) is 7.85. The zero-order valence-corrected chi connectivity index (χ0v) is 13.8. The van der Waals surface area contributed by atoms with Crippen LogP contribution in [0.2, 0.25) is 0 Å². The molecule has 0 saturated carbocycles. The van der Waals surface area contributed by atoms with Gasteiger partial charge < -0.3 is 20.7 Å². The van der Waals surface area contributed by atoms with Crippen LogP contribution < -0.4 is 15.8 Å². The number of aliphatic imine (C=N–C) groups is 1. The van der Waals surface area contributed by atoms with Crippen LogP contribution in [0.4, 0.5) is 0 Å². The van der Waals surface area contributed by atoms with Gasteiger partial charge in [-0.2, -0.15) is 0 Å². The highest BCUT2D eigenvalue weighted by Gasteiger charge is 2.23. The lowest BCUT2D eigenvalue weighted by molar-refractivity contribution is -0.119. The van der Waals surface area contributed by atoms with E-state index in [1.54, 1.807) is 20.4 Å². The van der Waals surface area contributed by atoms with Crippen molar-refractivity contribution in [2.45, 2.75) is 25.8 Å². The first-order chi connectivity index (χ1) is 11.1. The fourth-order valence-corrected chi connectivity index (χ4v) is 2.96. The Labute approximate surface area is 136 Å². The summed E-state index contributed by atoms with van der Waals surface area (Å²) in [4.78, 5) is 21.9. The number of hydrogen-bond acceptors (Lipinski definition) is 4. The number of amides is 1. The first-order valence-corrected chi connectivity index (χ1v) is 7.85. The number of hydrogen-bond donors (Lipinski definition) is 2. The maximum Gasteiger partial charge on any atom is 0.218 e. The molecule has 0 aromatic carbocycles. The van der Waals surface area contributed by atoms with Crippen LogP contribution in [-0.2, 0) is 11.3 Å². The average Bonchev–Trinajstić information content (AvgIpc) is 2.55. The van der Waals surface area contributed by atoms with Gasteiger partial charge in [-0.15, -0.1) is 0 Å². The molecule has 2 rings (SSSR count). The topological polar surface area (TPSA) is 92.8 Å². The van der Waals surface area contributed by atoms with Crippen molar-refractivity contribution in [3.8, 4) is 5.88 Å². The van der Waals surface area contributed by atoms with E-state index in [0.717, 1.165) is 37.5 Å². The molecule has 1 fully saturated rings. The molecule has 0 radical (unpaired) electrons. The molecule has 126 valence electrons. The Morgan fingerprint density at radius 3 is 3.13 bits per heavy atom. The molecule has 1 aliphatic heterocycles. The molecule has 7 heteroatoms. The van der Waals surface area contributed by atoms with E-state index in [1.165, 1.54) is 0 Å². The minimum atomic E-state index is -0.236. The van der Waals surface area contributed by atoms with Crippen molar-refractivity contribution < 1.29 is 9.53 Å². The summed E-state index contributed by atoms with van der Waals surface area (Å²) in [5.41, 5.74) is 6.29. The van der Waals surface area contributed by atoms with E-state index in [1.807, 2.05) is 12.1 Å². The number of carbonyl (C=O) groups is 1. The standard InChI is InChI=1S/C16H25N5O2/c1-18-16(20-10-13-6-3-7-19-15(13)23-2)21-8-4-5-12(11-21)9-14(17)22/h3,6-7,12H,4-5,8-11H2,1-2H3,(H2,17,22)(H,18,20). The number of rotatable bonds is 5. The molecule has 3 N–H and O–H groups in total. The molecule has 0 bridgehead atoms. The number of likely N-dealkylation sites (tertiary alicyclic amines) is 1. The summed E-state index contributed by atoms with van der Waals surface area (Å²) in [5, 5.41) is 3.34. The van der Waals surface area contributed by atoms with Gasteiger partial charge in [-0.05, 0) is 24.8 Å². The summed E-state index contributed by atoms with van der Waals surface area (Å²) >= 11 is 0. The minimum absolute atomic E-state index is 0.236. The van der Waals surface area contributed by atoms with Gasteiger partial charge in [-0.3, -0.25) is 9.79 Å². The number of methoxy groups -OCH3 is 1. The fraction of sp³-hybridized carbons (Fsp3) is 0.562. The Bertz CT molecular complexity index is 561. The SMILES string of the molecule is CN=C(NCc1cccnc1OC)N1CCCC(CC(N)=O)C1. The van der Waals surface area contributed by atoms with E-state index < -0.39 is 0 Å². The maximum absolute atomic E-state index is 11.1. The summed E-state index contributed by atoms with van der Waals surface area (Å²) in [6.45, 7) is 2.31. The van der Waals surface area contributed by atoms with Gasteiger partial charge in [-0.1, -0.05) is 6.07 Å². The van der Waals surface area contributed by atoms with Gasteiger partial charge >= 0.3 is 0 Å². The summed E-state index contributed by atoms with van der Waals surface area (Å²) < 4.78 is 5.26. The van der Waals surface area contributed by atoms with Crippen molar-refractivity contribution in [3.63, 3.8) is 0 Å². The largest absolute Gasteiger partial charge is 0.481 e.